The van der Waals surface area contributed by atoms with Crippen molar-refractivity contribution in [2.24, 2.45) is 5.92 Å². The molecule has 1 aromatic carbocycles. The molecule has 0 bridgehead atoms. The Balaban J connectivity index is 1.90. The van der Waals surface area contributed by atoms with Gasteiger partial charge in [0.25, 0.3) is 0 Å². The third kappa shape index (κ3) is 6.35. The van der Waals surface area contributed by atoms with Gasteiger partial charge < -0.3 is 10.1 Å². The van der Waals surface area contributed by atoms with Crippen LogP contribution in [0.1, 0.15) is 36.2 Å². The summed E-state index contributed by atoms with van der Waals surface area (Å²) < 4.78 is 6.99. The van der Waals surface area contributed by atoms with Crippen molar-refractivity contribution < 1.29 is 14.3 Å². The lowest BCUT2D eigenvalue weighted by Gasteiger charge is -2.10. The number of aromatic nitrogens is 2. The Bertz CT molecular complexity index is 793. The summed E-state index contributed by atoms with van der Waals surface area (Å²) in [6.45, 7) is 5.23. The van der Waals surface area contributed by atoms with E-state index in [2.05, 4.69) is 10.4 Å². The van der Waals surface area contributed by atoms with Crippen molar-refractivity contribution >= 4 is 11.7 Å². The highest BCUT2D eigenvalue weighted by Crippen LogP contribution is 2.10. The molecule has 1 heterocycles. The molecular weight excluding hydrogens is 344 g/mol. The molecule has 0 radical (unpaired) electrons. The minimum Gasteiger partial charge on any atom is -0.379 e. The molecule has 0 aliphatic heterocycles. The summed E-state index contributed by atoms with van der Waals surface area (Å²) >= 11 is 0. The maximum atomic E-state index is 12.5. The number of carbonyl (C=O) groups excluding carboxylic acids is 2. The number of rotatable bonds is 10. The first-order chi connectivity index (χ1) is 13.0. The lowest BCUT2D eigenvalue weighted by Crippen LogP contribution is -2.35. The highest BCUT2D eigenvalue weighted by Gasteiger charge is 2.28. The molecule has 2 rings (SSSR count). The van der Waals surface area contributed by atoms with Gasteiger partial charge in [-0.1, -0.05) is 30.3 Å². The molecule has 0 spiro atoms. The van der Waals surface area contributed by atoms with Crippen LogP contribution in [0, 0.1) is 17.2 Å². The average molecular weight is 368 g/mol. The number of ketones is 1. The van der Waals surface area contributed by atoms with Gasteiger partial charge >= 0.3 is 0 Å². The van der Waals surface area contributed by atoms with E-state index in [1.165, 1.54) is 6.20 Å². The van der Waals surface area contributed by atoms with Gasteiger partial charge in [-0.25, -0.2) is 0 Å². The topological polar surface area (TPSA) is 97.0 Å². The number of nitriles is 1. The summed E-state index contributed by atoms with van der Waals surface area (Å²) in [5, 5.41) is 16.0. The summed E-state index contributed by atoms with van der Waals surface area (Å²) in [6.07, 6.45) is 3.69. The second-order valence-corrected chi connectivity index (χ2v) is 6.40. The molecule has 0 saturated heterocycles. The number of benzene rings is 1. The van der Waals surface area contributed by atoms with E-state index in [0.717, 1.165) is 5.56 Å². The molecule has 142 valence electrons. The first kappa shape index (κ1) is 20.3. The Morgan fingerprint density at radius 2 is 2.04 bits per heavy atom. The minimum atomic E-state index is -1.38. The maximum absolute atomic E-state index is 12.5. The fourth-order valence-electron chi connectivity index (χ4n) is 2.46. The fraction of sp³-hybridized carbons (Fsp3) is 0.400. The van der Waals surface area contributed by atoms with Crippen LogP contribution in [0.5, 0.6) is 0 Å². The van der Waals surface area contributed by atoms with Crippen molar-refractivity contribution in [3.05, 3.63) is 53.9 Å². The molecule has 7 nitrogen and oxygen atoms in total. The number of hydrogen-bond acceptors (Lipinski definition) is 5. The SMILES string of the molecule is CC(C)OCCCNC(=O)C(C#N)C(=O)c1cnn(Cc2ccccc2)c1. The zero-order valence-electron chi connectivity index (χ0n) is 15.6. The molecule has 1 amide bonds. The smallest absolute Gasteiger partial charge is 0.245 e. The Hall–Kier alpha value is -2.98. The van der Waals surface area contributed by atoms with E-state index in [9.17, 15) is 14.9 Å². The van der Waals surface area contributed by atoms with Gasteiger partial charge in [0.15, 0.2) is 11.7 Å². The molecule has 1 aromatic heterocycles. The summed E-state index contributed by atoms with van der Waals surface area (Å²) in [6, 6.07) is 11.5. The minimum absolute atomic E-state index is 0.126. The summed E-state index contributed by atoms with van der Waals surface area (Å²) in [5.41, 5.74) is 1.29. The number of ether oxygens (including phenoxy) is 1. The quantitative estimate of drug-likeness (QED) is 0.394. The number of nitrogens with zero attached hydrogens (tertiary/aromatic N) is 3. The molecule has 0 aliphatic rings. The Morgan fingerprint density at radius 1 is 1.30 bits per heavy atom. The second-order valence-electron chi connectivity index (χ2n) is 6.40. The van der Waals surface area contributed by atoms with Crippen molar-refractivity contribution in [1.82, 2.24) is 15.1 Å². The maximum Gasteiger partial charge on any atom is 0.245 e. The number of hydrogen-bond donors (Lipinski definition) is 1. The lowest BCUT2D eigenvalue weighted by atomic mass is 10.0. The molecular formula is C20H24N4O3. The second kappa shape index (κ2) is 10.2. The van der Waals surface area contributed by atoms with E-state index in [1.807, 2.05) is 44.2 Å². The zero-order chi connectivity index (χ0) is 19.6. The van der Waals surface area contributed by atoms with Crippen molar-refractivity contribution in [3.8, 4) is 6.07 Å². The van der Waals surface area contributed by atoms with Crippen LogP contribution in [0.25, 0.3) is 0 Å². The van der Waals surface area contributed by atoms with Crippen molar-refractivity contribution in [3.63, 3.8) is 0 Å². The van der Waals surface area contributed by atoms with E-state index >= 15 is 0 Å². The van der Waals surface area contributed by atoms with E-state index < -0.39 is 17.6 Å². The first-order valence-electron chi connectivity index (χ1n) is 8.90. The van der Waals surface area contributed by atoms with Crippen LogP contribution < -0.4 is 5.32 Å². The van der Waals surface area contributed by atoms with Gasteiger partial charge in [0.05, 0.1) is 30.5 Å². The highest BCUT2D eigenvalue weighted by molar-refractivity contribution is 6.11. The number of nitrogens with one attached hydrogen (secondary N) is 1. The molecule has 0 aliphatic carbocycles. The predicted octanol–water partition coefficient (Wildman–Crippen LogP) is 2.19. The summed E-state index contributed by atoms with van der Waals surface area (Å²) in [5.74, 6) is -2.53. The zero-order valence-corrected chi connectivity index (χ0v) is 15.6. The number of Topliss-reactive ketones (excluding diaryl/α,β-unsaturated/α-hetero) is 1. The molecule has 7 heteroatoms. The third-order valence-corrected chi connectivity index (χ3v) is 3.83. The van der Waals surface area contributed by atoms with Crippen molar-refractivity contribution in [2.45, 2.75) is 32.9 Å². The van der Waals surface area contributed by atoms with Gasteiger partial charge in [0, 0.05) is 19.3 Å². The van der Waals surface area contributed by atoms with Crippen molar-refractivity contribution in [2.75, 3.05) is 13.2 Å². The van der Waals surface area contributed by atoms with Gasteiger partial charge in [-0.05, 0) is 25.8 Å². The largest absolute Gasteiger partial charge is 0.379 e. The Kier molecular flexibility index (Phi) is 7.71. The van der Waals surface area contributed by atoms with Crippen LogP contribution in [0.3, 0.4) is 0 Å². The van der Waals surface area contributed by atoms with Crippen LogP contribution in [0.4, 0.5) is 0 Å². The van der Waals surface area contributed by atoms with Crippen LogP contribution in [-0.4, -0.2) is 40.7 Å². The van der Waals surface area contributed by atoms with E-state index in [4.69, 9.17) is 4.74 Å². The third-order valence-electron chi connectivity index (χ3n) is 3.83. The van der Waals surface area contributed by atoms with Crippen LogP contribution >= 0.6 is 0 Å². The molecule has 0 fully saturated rings. The van der Waals surface area contributed by atoms with Crippen molar-refractivity contribution in [1.29, 1.82) is 5.26 Å². The molecule has 2 aromatic rings. The van der Waals surface area contributed by atoms with E-state index in [1.54, 1.807) is 16.9 Å². The Morgan fingerprint density at radius 3 is 2.70 bits per heavy atom. The fourth-order valence-corrected chi connectivity index (χ4v) is 2.46. The first-order valence-corrected chi connectivity index (χ1v) is 8.90. The number of carbonyl (C=O) groups is 2. The lowest BCUT2D eigenvalue weighted by molar-refractivity contribution is -0.122. The van der Waals surface area contributed by atoms with E-state index in [0.29, 0.717) is 26.1 Å². The van der Waals surface area contributed by atoms with Gasteiger partial charge in [-0.15, -0.1) is 0 Å². The van der Waals surface area contributed by atoms with Gasteiger partial charge in [-0.3, -0.25) is 14.3 Å². The van der Waals surface area contributed by atoms with Crippen LogP contribution in [0.15, 0.2) is 42.7 Å². The molecule has 1 N–H and O–H groups in total. The van der Waals surface area contributed by atoms with Crippen LogP contribution in [0.2, 0.25) is 0 Å². The molecule has 27 heavy (non-hydrogen) atoms. The van der Waals surface area contributed by atoms with Crippen LogP contribution in [-0.2, 0) is 16.1 Å². The van der Waals surface area contributed by atoms with Gasteiger partial charge in [0.2, 0.25) is 5.91 Å². The molecule has 0 saturated carbocycles. The van der Waals surface area contributed by atoms with Gasteiger partial charge in [-0.2, -0.15) is 10.4 Å². The normalized spacial score (nSPS) is 11.8. The molecule has 1 unspecified atom stereocenters. The Labute approximate surface area is 158 Å². The monoisotopic (exact) mass is 368 g/mol. The number of amides is 1. The standard InChI is InChI=1S/C20H24N4O3/c1-15(2)27-10-6-9-22-20(26)18(11-21)19(25)17-12-23-24(14-17)13-16-7-4-3-5-8-16/h3-5,7-8,12,14-15,18H,6,9-10,13H2,1-2H3,(H,22,26). The predicted molar refractivity (Wildman–Crippen MR) is 99.9 cm³/mol. The highest BCUT2D eigenvalue weighted by atomic mass is 16.5. The van der Waals surface area contributed by atoms with Gasteiger partial charge in [0.1, 0.15) is 0 Å². The average Bonchev–Trinajstić information content (AvgIpc) is 3.11. The molecule has 1 atom stereocenters. The summed E-state index contributed by atoms with van der Waals surface area (Å²) in [7, 11) is 0. The summed E-state index contributed by atoms with van der Waals surface area (Å²) in [4.78, 5) is 24.7. The van der Waals surface area contributed by atoms with E-state index in [-0.39, 0.29) is 11.7 Å².